The average molecular weight is 554 g/mol. The molecule has 2 aromatic heterocycles. The van der Waals surface area contributed by atoms with E-state index in [0.717, 1.165) is 24.9 Å². The Morgan fingerprint density at radius 1 is 0.405 bits per heavy atom. The maximum absolute atomic E-state index is 15.1. The van der Waals surface area contributed by atoms with Gasteiger partial charge in [0.2, 0.25) is 5.82 Å². The Bertz CT molecular complexity index is 1880. The molecule has 0 atom stereocenters. The van der Waals surface area contributed by atoms with Gasteiger partial charge in [-0.25, -0.2) is 39.5 Å². The molecule has 2 heterocycles. The van der Waals surface area contributed by atoms with E-state index in [1.165, 1.54) is 40.9 Å². The zero-order valence-electron chi connectivity index (χ0n) is 17.8. The third kappa shape index (κ3) is 3.23. The van der Waals surface area contributed by atoms with Crippen molar-refractivity contribution in [1.82, 2.24) is 0 Å². The van der Waals surface area contributed by atoms with Crippen LogP contribution in [-0.2, 0) is 0 Å². The molecule has 0 spiro atoms. The van der Waals surface area contributed by atoms with E-state index < -0.39 is 69.0 Å². The fourth-order valence-corrected chi connectivity index (χ4v) is 6.98. The molecule has 0 aliphatic carbocycles. The van der Waals surface area contributed by atoms with Crippen LogP contribution in [0.3, 0.4) is 0 Å². The van der Waals surface area contributed by atoms with E-state index in [9.17, 15) is 30.7 Å². The normalized spacial score (nSPS) is 11.9. The molecule has 6 aromatic rings. The van der Waals surface area contributed by atoms with Crippen LogP contribution in [-0.4, -0.2) is 0 Å². The van der Waals surface area contributed by atoms with E-state index in [4.69, 9.17) is 0 Å². The SMILES string of the molecule is Fc1c(F)c(F)c(-c2c(F)c(F)c(-c3ccc4c(c3)sc3c5ccccc5sc43)c(F)c2F)c(F)c1F. The fraction of sp³-hybridized carbons (Fsp3) is 0. The minimum absolute atomic E-state index is 0.289. The molecule has 6 rings (SSSR count). The second kappa shape index (κ2) is 8.22. The maximum atomic E-state index is 15.1. The number of fused-ring (bicyclic) bond motifs is 5. The average Bonchev–Trinajstić information content (AvgIpc) is 3.43. The molecule has 0 aliphatic rings. The van der Waals surface area contributed by atoms with Gasteiger partial charge in [0.25, 0.3) is 0 Å². The number of hydrogen-bond donors (Lipinski definition) is 0. The van der Waals surface area contributed by atoms with Crippen LogP contribution in [0, 0.1) is 52.4 Å². The molecule has 0 bridgehead atoms. The zero-order chi connectivity index (χ0) is 26.3. The summed E-state index contributed by atoms with van der Waals surface area (Å²) in [4.78, 5) is 0. The molecule has 0 N–H and O–H groups in total. The van der Waals surface area contributed by atoms with E-state index in [0.29, 0.717) is 4.70 Å². The van der Waals surface area contributed by atoms with Crippen molar-refractivity contribution in [3.8, 4) is 22.3 Å². The number of hydrogen-bond acceptors (Lipinski definition) is 2. The van der Waals surface area contributed by atoms with Gasteiger partial charge in [0.15, 0.2) is 46.5 Å². The summed E-state index contributed by atoms with van der Waals surface area (Å²) in [6.07, 6.45) is 0. The second-order valence-corrected chi connectivity index (χ2v) is 10.1. The van der Waals surface area contributed by atoms with Crippen LogP contribution in [0.2, 0.25) is 0 Å². The number of benzene rings is 4. The van der Waals surface area contributed by atoms with E-state index >= 15 is 8.78 Å². The highest BCUT2D eigenvalue weighted by Gasteiger charge is 2.34. The highest BCUT2D eigenvalue weighted by Crippen LogP contribution is 2.46. The van der Waals surface area contributed by atoms with Gasteiger partial charge in [0, 0.05) is 20.2 Å². The van der Waals surface area contributed by atoms with Crippen molar-refractivity contribution in [2.24, 2.45) is 0 Å². The first kappa shape index (κ1) is 23.8. The first-order valence-electron chi connectivity index (χ1n) is 10.3. The largest absolute Gasteiger partial charge is 0.203 e. The van der Waals surface area contributed by atoms with Gasteiger partial charge >= 0.3 is 0 Å². The van der Waals surface area contributed by atoms with Crippen molar-refractivity contribution in [1.29, 1.82) is 0 Å². The summed E-state index contributed by atoms with van der Waals surface area (Å²) < 4.78 is 132. The van der Waals surface area contributed by atoms with Crippen LogP contribution >= 0.6 is 22.7 Å². The Morgan fingerprint density at radius 2 is 0.838 bits per heavy atom. The Labute approximate surface area is 208 Å². The number of rotatable bonds is 2. The van der Waals surface area contributed by atoms with Gasteiger partial charge in [0.05, 0.1) is 26.1 Å². The minimum Gasteiger partial charge on any atom is -0.203 e. The van der Waals surface area contributed by atoms with Gasteiger partial charge < -0.3 is 0 Å². The molecule has 0 unspecified atom stereocenters. The van der Waals surface area contributed by atoms with Gasteiger partial charge in [-0.2, -0.15) is 0 Å². The smallest absolute Gasteiger partial charge is 0.200 e. The summed E-state index contributed by atoms with van der Waals surface area (Å²) in [5, 5.41) is 1.71. The first-order valence-corrected chi connectivity index (χ1v) is 12.0. The summed E-state index contributed by atoms with van der Waals surface area (Å²) >= 11 is 2.79. The molecule has 0 saturated carbocycles. The van der Waals surface area contributed by atoms with Crippen molar-refractivity contribution in [2.45, 2.75) is 0 Å². The lowest BCUT2D eigenvalue weighted by Gasteiger charge is -2.14. The maximum Gasteiger partial charge on any atom is 0.200 e. The molecule has 4 aromatic carbocycles. The second-order valence-electron chi connectivity index (χ2n) is 8.02. The van der Waals surface area contributed by atoms with E-state index in [1.807, 2.05) is 24.3 Å². The summed E-state index contributed by atoms with van der Waals surface area (Å²) in [7, 11) is 0. The van der Waals surface area contributed by atoms with Gasteiger partial charge in [-0.1, -0.05) is 30.3 Å². The monoisotopic (exact) mass is 554 g/mol. The first-order chi connectivity index (χ1) is 17.6. The molecule has 0 fully saturated rings. The van der Waals surface area contributed by atoms with E-state index in [1.54, 1.807) is 0 Å². The van der Waals surface area contributed by atoms with Gasteiger partial charge in [-0.3, -0.25) is 0 Å². The quantitative estimate of drug-likeness (QED) is 0.114. The topological polar surface area (TPSA) is 0 Å². The van der Waals surface area contributed by atoms with Crippen LogP contribution in [0.15, 0.2) is 42.5 Å². The van der Waals surface area contributed by atoms with Crippen LogP contribution in [0.4, 0.5) is 39.5 Å². The Morgan fingerprint density at radius 3 is 1.43 bits per heavy atom. The molecule has 0 amide bonds. The number of halogens is 9. The van der Waals surface area contributed by atoms with Crippen LogP contribution < -0.4 is 0 Å². The minimum atomic E-state index is -2.60. The molecular weight excluding hydrogens is 547 g/mol. The van der Waals surface area contributed by atoms with Crippen molar-refractivity contribution in [2.75, 3.05) is 0 Å². The molecule has 0 saturated heterocycles. The summed E-state index contributed by atoms with van der Waals surface area (Å²) in [6.45, 7) is 0. The van der Waals surface area contributed by atoms with Crippen molar-refractivity contribution >= 4 is 52.2 Å². The van der Waals surface area contributed by atoms with Crippen molar-refractivity contribution in [3.05, 3.63) is 94.8 Å². The van der Waals surface area contributed by atoms with Gasteiger partial charge in [-0.15, -0.1) is 22.7 Å². The predicted octanol–water partition coefficient (Wildman–Crippen LogP) is 9.86. The Balaban J connectivity index is 1.59. The van der Waals surface area contributed by atoms with E-state index in [2.05, 4.69) is 0 Å². The van der Waals surface area contributed by atoms with E-state index in [-0.39, 0.29) is 5.56 Å². The molecule has 11 heteroatoms. The third-order valence-corrected chi connectivity index (χ3v) is 8.52. The molecular formula is C26H7F9S2. The molecule has 0 radical (unpaired) electrons. The lowest BCUT2D eigenvalue weighted by atomic mass is 9.96. The standard InChI is InChI=1S/C26H7F9S2/c27-16-13(8-5-6-10-12(7-8)37-25-9-3-1-2-4-11(9)36-26(10)25)17(28)19(30)14(18(16)29)15-20(31)22(33)24(35)23(34)21(15)32/h1-7H. The predicted molar refractivity (Wildman–Crippen MR) is 125 cm³/mol. The van der Waals surface area contributed by atoms with Crippen molar-refractivity contribution in [3.63, 3.8) is 0 Å². The lowest BCUT2D eigenvalue weighted by molar-refractivity contribution is 0.379. The summed E-state index contributed by atoms with van der Waals surface area (Å²) in [5.41, 5.74) is -5.64. The highest BCUT2D eigenvalue weighted by atomic mass is 32.1. The fourth-order valence-electron chi connectivity index (χ4n) is 4.29. The molecule has 37 heavy (non-hydrogen) atoms. The summed E-state index contributed by atoms with van der Waals surface area (Å²) in [6, 6.07) is 11.6. The molecule has 0 aliphatic heterocycles. The number of thiophene rings is 2. The van der Waals surface area contributed by atoms with Crippen molar-refractivity contribution < 1.29 is 39.5 Å². The van der Waals surface area contributed by atoms with Crippen LogP contribution in [0.5, 0.6) is 0 Å². The molecule has 186 valence electrons. The zero-order valence-corrected chi connectivity index (χ0v) is 19.4. The molecule has 0 nitrogen and oxygen atoms in total. The lowest BCUT2D eigenvalue weighted by Crippen LogP contribution is -2.09. The van der Waals surface area contributed by atoms with Gasteiger partial charge in [-0.05, 0) is 17.7 Å². The Hall–Kier alpha value is -3.57. The third-order valence-electron chi connectivity index (χ3n) is 6.00. The summed E-state index contributed by atoms with van der Waals surface area (Å²) in [5.74, 6) is -21.6. The van der Waals surface area contributed by atoms with Crippen LogP contribution in [0.25, 0.3) is 51.8 Å². The van der Waals surface area contributed by atoms with Crippen LogP contribution in [0.1, 0.15) is 0 Å². The highest BCUT2D eigenvalue weighted by molar-refractivity contribution is 7.36. The Kier molecular flexibility index (Phi) is 5.29. The van der Waals surface area contributed by atoms with Gasteiger partial charge in [0.1, 0.15) is 0 Å².